The van der Waals surface area contributed by atoms with Gasteiger partial charge in [-0.25, -0.2) is 8.42 Å². The maximum absolute atomic E-state index is 13.4. The predicted molar refractivity (Wildman–Crippen MR) is 340 cm³/mol. The van der Waals surface area contributed by atoms with Crippen molar-refractivity contribution < 1.29 is 131 Å². The second-order valence-electron chi connectivity index (χ2n) is 19.4. The molecule has 0 aliphatic carbocycles. The van der Waals surface area contributed by atoms with Gasteiger partial charge in [0.25, 0.3) is 76.4 Å². The SMILES string of the molecule is Cc1ccc(S(=O)(=O)Nc2cc(C)c(N=Nc3ccc(N=Nc4c(S(=O)(=O)O)cc5c(S(=O)(=O)O)c(N=Nc6cc(S(=O)(=O)O)c7ccc(N=Nc8ccc([N+](=O)[O-])cc8S(=O)(=O)O)c(O)c7c6N)ccc5c4O)cc3S(=O)(=O)O)cc2OCCCS(=O)(=O)O)cc1.O=S(=O)=O.O=S(=O)=O. The number of nitrogens with one attached hydrogen (secondary N) is 1. The summed E-state index contributed by atoms with van der Waals surface area (Å²) < 4.78 is 296. The number of azo groups is 4. The van der Waals surface area contributed by atoms with Crippen LogP contribution in [0.15, 0.2) is 179 Å². The van der Waals surface area contributed by atoms with Crippen LogP contribution in [0.25, 0.3) is 21.5 Å². The number of fused-ring (bicyclic) bond motifs is 2. The van der Waals surface area contributed by atoms with Gasteiger partial charge in [0, 0.05) is 34.4 Å². The lowest BCUT2D eigenvalue weighted by Crippen LogP contribution is -2.15. The van der Waals surface area contributed by atoms with Crippen molar-refractivity contribution in [3.63, 3.8) is 0 Å². The molecule has 100 heavy (non-hydrogen) atoms. The lowest BCUT2D eigenvalue weighted by atomic mass is 10.1. The van der Waals surface area contributed by atoms with Gasteiger partial charge in [0.05, 0.1) is 50.3 Å². The summed E-state index contributed by atoms with van der Waals surface area (Å²) in [5, 5.41) is 61.2. The summed E-state index contributed by atoms with van der Waals surface area (Å²) in [7, 11) is -42.1. The summed E-state index contributed by atoms with van der Waals surface area (Å²) in [6.07, 6.45) is -0.276. The van der Waals surface area contributed by atoms with Gasteiger partial charge < -0.3 is 20.7 Å². The highest BCUT2D eigenvalue weighted by Crippen LogP contribution is 2.49. The lowest BCUT2D eigenvalue weighted by molar-refractivity contribution is -0.385. The molecule has 0 aliphatic rings. The van der Waals surface area contributed by atoms with Crippen molar-refractivity contribution in [3.8, 4) is 17.2 Å². The molecule has 532 valence electrons. The Labute approximate surface area is 564 Å². The number of hydrogen-bond donors (Lipinski definition) is 10. The van der Waals surface area contributed by atoms with Crippen LogP contribution < -0.4 is 15.2 Å². The number of nitrogens with zero attached hydrogens (tertiary/aromatic N) is 9. The molecule has 51 heteroatoms. The maximum atomic E-state index is 13.4. The predicted octanol–water partition coefficient (Wildman–Crippen LogP) is 7.86. The largest absolute Gasteiger partial charge is 0.505 e. The van der Waals surface area contributed by atoms with E-state index >= 15 is 0 Å². The summed E-state index contributed by atoms with van der Waals surface area (Å²) in [6, 6.07) is 16.8. The number of phenols is 2. The van der Waals surface area contributed by atoms with Gasteiger partial charge in [-0.1, -0.05) is 23.8 Å². The number of nitrogen functional groups attached to an aromatic ring is 1. The molecule has 0 fully saturated rings. The molecule has 0 radical (unpaired) electrons. The summed E-state index contributed by atoms with van der Waals surface area (Å²) in [6.45, 7) is 2.76. The molecule has 0 unspecified atom stereocenters. The van der Waals surface area contributed by atoms with Crippen molar-refractivity contribution >= 4 is 176 Å². The second kappa shape index (κ2) is 30.5. The van der Waals surface area contributed by atoms with Crippen molar-refractivity contribution in [2.45, 2.75) is 49.6 Å². The Hall–Kier alpha value is -10.3. The zero-order chi connectivity index (χ0) is 75.2. The molecule has 0 saturated carbocycles. The molecule has 0 atom stereocenters. The number of anilines is 2. The Kier molecular flexibility index (Phi) is 24.0. The molecule has 8 aromatic rings. The highest BCUT2D eigenvalue weighted by atomic mass is 32.2. The summed E-state index contributed by atoms with van der Waals surface area (Å²) in [5.74, 6) is -3.35. The van der Waals surface area contributed by atoms with Crippen LogP contribution >= 0.6 is 0 Å². The van der Waals surface area contributed by atoms with Gasteiger partial charge in [-0.15, -0.1) is 55.9 Å². The highest BCUT2D eigenvalue weighted by molar-refractivity contribution is 7.92. The van der Waals surface area contributed by atoms with E-state index in [2.05, 4.69) is 45.6 Å². The quantitative estimate of drug-likeness (QED) is 0.00770. The van der Waals surface area contributed by atoms with E-state index in [0.29, 0.717) is 24.3 Å². The molecule has 42 nitrogen and oxygen atoms in total. The van der Waals surface area contributed by atoms with E-state index in [4.69, 9.17) is 35.7 Å². The molecule has 0 aliphatic heterocycles. The average Bonchev–Trinajstić information content (AvgIpc) is 0.769. The van der Waals surface area contributed by atoms with Crippen molar-refractivity contribution in [1.82, 2.24) is 0 Å². The normalized spacial score (nSPS) is 12.6. The Morgan fingerprint density at radius 1 is 0.500 bits per heavy atom. The molecule has 0 spiro atoms. The number of hydrogen-bond acceptors (Lipinski definition) is 34. The number of non-ortho nitro benzene ring substituents is 1. The first-order valence-electron chi connectivity index (χ1n) is 25.7. The number of benzene rings is 8. The molecular formula is C49H41N11O31S9. The molecule has 0 amide bonds. The zero-order valence-corrected chi connectivity index (χ0v) is 56.6. The molecule has 0 saturated heterocycles. The summed E-state index contributed by atoms with van der Waals surface area (Å²) >= 11 is 0. The molecule has 0 bridgehead atoms. The first kappa shape index (κ1) is 78.7. The molecule has 8 aromatic carbocycles. The fourth-order valence-electron chi connectivity index (χ4n) is 8.39. The molecule has 8 rings (SSSR count). The monoisotopic (exact) mass is 1570 g/mol. The van der Waals surface area contributed by atoms with Crippen molar-refractivity contribution in [2.75, 3.05) is 22.8 Å². The molecule has 0 aromatic heterocycles. The highest BCUT2D eigenvalue weighted by Gasteiger charge is 2.30. The number of nitrogens with two attached hydrogens (primary N) is 1. The van der Waals surface area contributed by atoms with E-state index in [1.54, 1.807) is 6.92 Å². The third-order valence-electron chi connectivity index (χ3n) is 12.6. The first-order valence-corrected chi connectivity index (χ1v) is 38.0. The van der Waals surface area contributed by atoms with E-state index in [-0.39, 0.29) is 34.0 Å². The number of nitro benzene ring substituents is 1. The van der Waals surface area contributed by atoms with Crippen LogP contribution in [0.5, 0.6) is 17.2 Å². The molecule has 11 N–H and O–H groups in total. The van der Waals surface area contributed by atoms with Gasteiger partial charge in [0.15, 0.2) is 11.5 Å². The van der Waals surface area contributed by atoms with Gasteiger partial charge in [-0.2, -0.15) is 60.7 Å². The fraction of sp³-hybridized carbons (Fsp3) is 0.102. The number of phenolic OH excluding ortho intramolecular Hbond substituents is 2. The van der Waals surface area contributed by atoms with E-state index in [9.17, 15) is 107 Å². The van der Waals surface area contributed by atoms with Gasteiger partial charge in [0.2, 0.25) is 0 Å². The average molecular weight is 1570 g/mol. The Bertz CT molecular complexity index is 5910. The van der Waals surface area contributed by atoms with Crippen molar-refractivity contribution in [1.29, 1.82) is 0 Å². The Morgan fingerprint density at radius 3 is 1.53 bits per heavy atom. The van der Waals surface area contributed by atoms with Gasteiger partial charge in [-0.3, -0.25) is 42.2 Å². The number of nitro groups is 1. The number of sulfonamides is 1. The van der Waals surface area contributed by atoms with E-state index in [0.717, 1.165) is 60.2 Å². The minimum absolute atomic E-state index is 0.119. The summed E-state index contributed by atoms with van der Waals surface area (Å²) in [4.78, 5) is 4.09. The van der Waals surface area contributed by atoms with Gasteiger partial charge in [-0.05, 0) is 98.6 Å². The zero-order valence-electron chi connectivity index (χ0n) is 49.3. The standard InChI is InChI=1S/C49H41N11O25S7.2O3S/c1-24-4-8-28(9-5-24)87(68,69)59-37-18-25(2)36(22-39(37)85-16-3-17-86(65,66)67)56-53-32-12-6-26(19-41(32)89(73,74)75)51-58-46-43(91(79,80)81)21-31-29(47(46)61)10-15-35(49(31)92(82,83)84)55-57-38-23-40(88(70,71)72)30-11-14-34(48(62)44(30)45(38)50)54-52-33-13-7-27(60(63)64)20-42(33)90(76,77)78;2*1-4(2)3/h4-15,18-23,59,61-62H,3,16-17,50H2,1-2H3,(H,65,66,67)(H,70,71,72)(H,73,74,75)(H,76,77,78)(H,79,80,81)(H,82,83,84);;. The summed E-state index contributed by atoms with van der Waals surface area (Å²) in [5.41, 5.74) is -0.0687. The van der Waals surface area contributed by atoms with E-state index < -0.39 is 218 Å². The lowest BCUT2D eigenvalue weighted by Gasteiger charge is -2.16. The minimum atomic E-state index is -5.69. The van der Waals surface area contributed by atoms with Crippen LogP contribution in [0.3, 0.4) is 0 Å². The fourth-order valence-corrected chi connectivity index (χ4v) is 13.4. The van der Waals surface area contributed by atoms with E-state index in [1.165, 1.54) is 37.3 Å². The van der Waals surface area contributed by atoms with Crippen LogP contribution in [-0.4, -0.2) is 139 Å². The Balaban J connectivity index is 0.00000187. The molecule has 0 heterocycles. The topological polar surface area (TPSA) is 693 Å². The van der Waals surface area contributed by atoms with Gasteiger partial charge >= 0.3 is 21.2 Å². The maximum Gasteiger partial charge on any atom is 0.425 e. The second-order valence-corrected chi connectivity index (χ2v) is 30.4. The van der Waals surface area contributed by atoms with Crippen LogP contribution in [0.1, 0.15) is 17.5 Å². The number of aryl methyl sites for hydroxylation is 2. The minimum Gasteiger partial charge on any atom is -0.505 e. The van der Waals surface area contributed by atoms with Crippen LogP contribution in [0, 0.1) is 24.0 Å². The van der Waals surface area contributed by atoms with Crippen LogP contribution in [0.2, 0.25) is 0 Å². The van der Waals surface area contributed by atoms with Gasteiger partial charge in [0.1, 0.15) is 64.4 Å². The number of ether oxygens (including phenoxy) is 1. The van der Waals surface area contributed by atoms with Crippen LogP contribution in [0.4, 0.5) is 62.6 Å². The third-order valence-corrected chi connectivity index (χ3v) is 19.3. The Morgan fingerprint density at radius 2 is 0.990 bits per heavy atom. The van der Waals surface area contributed by atoms with E-state index in [1.807, 2.05) is 0 Å². The molecular weight excluding hydrogens is 1530 g/mol. The van der Waals surface area contributed by atoms with Crippen LogP contribution in [-0.2, 0) is 91.9 Å². The van der Waals surface area contributed by atoms with Crippen molar-refractivity contribution in [3.05, 3.63) is 130 Å². The smallest absolute Gasteiger partial charge is 0.425 e. The third kappa shape index (κ3) is 20.2. The first-order chi connectivity index (χ1) is 46.0. The van der Waals surface area contributed by atoms with Crippen molar-refractivity contribution in [2.24, 2.45) is 40.9 Å². The number of aromatic hydroxyl groups is 2. The number of rotatable bonds is 22.